The van der Waals surface area contributed by atoms with E-state index in [0.717, 1.165) is 43.2 Å². The average Bonchev–Trinajstić information content (AvgIpc) is 3.43. The number of nitrogens with one attached hydrogen (secondary N) is 1. The number of anilines is 1. The van der Waals surface area contributed by atoms with Gasteiger partial charge in [0.05, 0.1) is 39.5 Å². The molecule has 2 unspecified atom stereocenters. The molecule has 0 saturated carbocycles. The number of carbonyl (C=O) groups is 1. The number of para-hydroxylation sites is 2. The molecule has 3 aromatic rings. The van der Waals surface area contributed by atoms with Crippen molar-refractivity contribution < 1.29 is 19.0 Å². The maximum absolute atomic E-state index is 13.0. The number of amides is 1. The molecular weight excluding hydrogens is 474 g/mol. The molecule has 1 aliphatic heterocycles. The van der Waals surface area contributed by atoms with Crippen molar-refractivity contribution in [2.45, 2.75) is 25.4 Å². The molecule has 0 radical (unpaired) electrons. The summed E-state index contributed by atoms with van der Waals surface area (Å²) in [5, 5.41) is 5.36. The van der Waals surface area contributed by atoms with Crippen molar-refractivity contribution in [1.82, 2.24) is 10.2 Å². The van der Waals surface area contributed by atoms with Gasteiger partial charge in [-0.2, -0.15) is 0 Å². The maximum atomic E-state index is 13.0. The van der Waals surface area contributed by atoms with Gasteiger partial charge in [0, 0.05) is 37.1 Å². The van der Waals surface area contributed by atoms with Gasteiger partial charge in [0.15, 0.2) is 11.5 Å². The zero-order valence-electron chi connectivity index (χ0n) is 21.4. The summed E-state index contributed by atoms with van der Waals surface area (Å²) in [5.74, 6) is 2.17. The second-order valence-electron chi connectivity index (χ2n) is 8.88. The number of benzene rings is 2. The molecule has 8 heteroatoms. The molecule has 1 fully saturated rings. The van der Waals surface area contributed by atoms with Gasteiger partial charge in [-0.15, -0.1) is 11.3 Å². The van der Waals surface area contributed by atoms with Crippen LogP contribution in [0.2, 0.25) is 0 Å². The molecule has 1 amide bonds. The van der Waals surface area contributed by atoms with Gasteiger partial charge in [-0.1, -0.05) is 24.3 Å². The van der Waals surface area contributed by atoms with E-state index in [1.807, 2.05) is 30.3 Å². The molecule has 36 heavy (non-hydrogen) atoms. The maximum Gasteiger partial charge on any atom is 0.224 e. The molecule has 4 rings (SSSR count). The highest BCUT2D eigenvalue weighted by atomic mass is 32.1. The van der Waals surface area contributed by atoms with E-state index in [2.05, 4.69) is 51.7 Å². The van der Waals surface area contributed by atoms with Crippen molar-refractivity contribution in [1.29, 1.82) is 0 Å². The minimum atomic E-state index is -0.0471. The molecule has 1 aliphatic rings. The Bertz CT molecular complexity index is 1130. The Hall–Kier alpha value is -3.23. The van der Waals surface area contributed by atoms with Crippen molar-refractivity contribution >= 4 is 22.9 Å². The summed E-state index contributed by atoms with van der Waals surface area (Å²) in [7, 11) is 4.92. The van der Waals surface area contributed by atoms with E-state index in [1.54, 1.807) is 32.7 Å². The Morgan fingerprint density at radius 1 is 0.917 bits per heavy atom. The van der Waals surface area contributed by atoms with Gasteiger partial charge >= 0.3 is 0 Å². The first kappa shape index (κ1) is 25.9. The topological polar surface area (TPSA) is 63.3 Å². The lowest BCUT2D eigenvalue weighted by Crippen LogP contribution is -2.52. The minimum Gasteiger partial charge on any atom is -0.495 e. The zero-order valence-corrected chi connectivity index (χ0v) is 22.2. The fourth-order valence-corrected chi connectivity index (χ4v) is 5.86. The Morgan fingerprint density at radius 3 is 2.31 bits per heavy atom. The standard InChI is InChI=1S/C28H35N3O4S/c1-20(29-27(32)19-21-11-12-24(34-3)25(18-21)35-4)28(26-10-7-17-36-26)31-15-13-30(14-16-31)22-8-5-6-9-23(22)33-2/h5-12,17-18,20,28H,13-16,19H2,1-4H3,(H,29,32). The van der Waals surface area contributed by atoms with Gasteiger partial charge in [0.2, 0.25) is 5.91 Å². The quantitative estimate of drug-likeness (QED) is 0.438. The Labute approximate surface area is 217 Å². The third-order valence-electron chi connectivity index (χ3n) is 6.64. The molecule has 2 aromatic carbocycles. The van der Waals surface area contributed by atoms with Gasteiger partial charge in [-0.3, -0.25) is 9.69 Å². The molecule has 1 saturated heterocycles. The highest BCUT2D eigenvalue weighted by molar-refractivity contribution is 7.10. The minimum absolute atomic E-state index is 0.0102. The van der Waals surface area contributed by atoms with E-state index >= 15 is 0 Å². The van der Waals surface area contributed by atoms with Crippen LogP contribution in [-0.4, -0.2) is 64.4 Å². The van der Waals surface area contributed by atoms with Crippen LogP contribution in [0, 0.1) is 0 Å². The Balaban J connectivity index is 1.42. The van der Waals surface area contributed by atoms with E-state index in [9.17, 15) is 4.79 Å². The highest BCUT2D eigenvalue weighted by Crippen LogP contribution is 2.33. The van der Waals surface area contributed by atoms with Crippen molar-refractivity contribution in [3.05, 3.63) is 70.4 Å². The SMILES string of the molecule is COc1ccc(CC(=O)NC(C)C(c2cccs2)N2CCN(c3ccccc3OC)CC2)cc1OC. The number of methoxy groups -OCH3 is 3. The molecule has 2 heterocycles. The molecule has 192 valence electrons. The van der Waals surface area contributed by atoms with E-state index in [-0.39, 0.29) is 24.4 Å². The molecule has 0 bridgehead atoms. The lowest BCUT2D eigenvalue weighted by atomic mass is 10.0. The number of hydrogen-bond donors (Lipinski definition) is 1. The summed E-state index contributed by atoms with van der Waals surface area (Å²) in [6.45, 7) is 5.69. The molecule has 2 atom stereocenters. The Morgan fingerprint density at radius 2 is 1.64 bits per heavy atom. The second-order valence-corrected chi connectivity index (χ2v) is 9.86. The van der Waals surface area contributed by atoms with Gasteiger partial charge in [-0.05, 0) is 48.2 Å². The van der Waals surface area contributed by atoms with Gasteiger partial charge in [0.25, 0.3) is 0 Å². The number of hydrogen-bond acceptors (Lipinski definition) is 7. The Kier molecular flexibility index (Phi) is 8.72. The first-order valence-electron chi connectivity index (χ1n) is 12.2. The lowest BCUT2D eigenvalue weighted by Gasteiger charge is -2.42. The first-order valence-corrected chi connectivity index (χ1v) is 13.1. The fourth-order valence-electron chi connectivity index (χ4n) is 4.89. The predicted octanol–water partition coefficient (Wildman–Crippen LogP) is 4.38. The van der Waals surface area contributed by atoms with Crippen LogP contribution in [0.15, 0.2) is 60.0 Å². The van der Waals surface area contributed by atoms with E-state index in [1.165, 1.54) is 4.88 Å². The van der Waals surface area contributed by atoms with Gasteiger partial charge < -0.3 is 24.4 Å². The molecule has 1 N–H and O–H groups in total. The van der Waals surface area contributed by atoms with E-state index in [4.69, 9.17) is 14.2 Å². The van der Waals surface area contributed by atoms with Crippen LogP contribution in [0.25, 0.3) is 0 Å². The van der Waals surface area contributed by atoms with Crippen molar-refractivity contribution in [3.8, 4) is 17.2 Å². The molecule has 7 nitrogen and oxygen atoms in total. The summed E-state index contributed by atoms with van der Waals surface area (Å²) in [6, 6.07) is 18.1. The lowest BCUT2D eigenvalue weighted by molar-refractivity contribution is -0.121. The first-order chi connectivity index (χ1) is 17.5. The third kappa shape index (κ3) is 5.94. The van der Waals surface area contributed by atoms with Crippen LogP contribution in [0.4, 0.5) is 5.69 Å². The number of piperazine rings is 1. The van der Waals surface area contributed by atoms with Crippen LogP contribution in [0.5, 0.6) is 17.2 Å². The summed E-state index contributed by atoms with van der Waals surface area (Å²) < 4.78 is 16.3. The summed E-state index contributed by atoms with van der Waals surface area (Å²) in [5.41, 5.74) is 2.01. The monoisotopic (exact) mass is 509 g/mol. The largest absolute Gasteiger partial charge is 0.495 e. The molecule has 0 spiro atoms. The highest BCUT2D eigenvalue weighted by Gasteiger charge is 2.31. The average molecular weight is 510 g/mol. The van der Waals surface area contributed by atoms with Crippen LogP contribution in [0.1, 0.15) is 23.4 Å². The van der Waals surface area contributed by atoms with Crippen LogP contribution < -0.4 is 24.4 Å². The van der Waals surface area contributed by atoms with Crippen molar-refractivity contribution in [3.63, 3.8) is 0 Å². The normalized spacial score (nSPS) is 15.7. The van der Waals surface area contributed by atoms with E-state index in [0.29, 0.717) is 11.5 Å². The van der Waals surface area contributed by atoms with Gasteiger partial charge in [0.1, 0.15) is 5.75 Å². The van der Waals surface area contributed by atoms with E-state index < -0.39 is 0 Å². The van der Waals surface area contributed by atoms with Gasteiger partial charge in [-0.25, -0.2) is 0 Å². The molecule has 1 aromatic heterocycles. The smallest absolute Gasteiger partial charge is 0.224 e. The summed E-state index contributed by atoms with van der Waals surface area (Å²) in [6.07, 6.45) is 0.281. The number of ether oxygens (including phenoxy) is 3. The van der Waals surface area contributed by atoms with Crippen LogP contribution in [-0.2, 0) is 11.2 Å². The predicted molar refractivity (Wildman–Crippen MR) is 145 cm³/mol. The summed E-state index contributed by atoms with van der Waals surface area (Å²) >= 11 is 1.74. The number of thiophene rings is 1. The number of carbonyl (C=O) groups excluding carboxylic acids is 1. The number of nitrogens with zero attached hydrogens (tertiary/aromatic N) is 2. The second kappa shape index (κ2) is 12.1. The van der Waals surface area contributed by atoms with Crippen molar-refractivity contribution in [2.75, 3.05) is 52.4 Å². The van der Waals surface area contributed by atoms with Crippen LogP contribution in [0.3, 0.4) is 0 Å². The fraction of sp³-hybridized carbons (Fsp3) is 0.393. The summed E-state index contributed by atoms with van der Waals surface area (Å²) in [4.78, 5) is 19.1. The number of rotatable bonds is 10. The van der Waals surface area contributed by atoms with Crippen LogP contribution >= 0.6 is 11.3 Å². The third-order valence-corrected chi connectivity index (χ3v) is 7.59. The van der Waals surface area contributed by atoms with Crippen molar-refractivity contribution in [2.24, 2.45) is 0 Å². The molecule has 0 aliphatic carbocycles. The zero-order chi connectivity index (χ0) is 25.5. The molecular formula is C28H35N3O4S.